The molecule has 3 aromatic rings. The topological polar surface area (TPSA) is 52.9 Å². The van der Waals surface area contributed by atoms with Gasteiger partial charge in [0, 0.05) is 11.6 Å². The summed E-state index contributed by atoms with van der Waals surface area (Å²) in [7, 11) is 0. The van der Waals surface area contributed by atoms with Crippen molar-refractivity contribution in [3.8, 4) is 17.2 Å². The zero-order valence-electron chi connectivity index (χ0n) is 14.7. The van der Waals surface area contributed by atoms with Gasteiger partial charge in [-0.1, -0.05) is 65.1 Å². The Labute approximate surface area is 182 Å². The highest BCUT2D eigenvalue weighted by Gasteiger charge is 2.61. The van der Waals surface area contributed by atoms with E-state index >= 15 is 0 Å². The molecule has 0 radical (unpaired) electrons. The van der Waals surface area contributed by atoms with Crippen molar-refractivity contribution in [3.05, 3.63) is 60.8 Å². The number of fused-ring (bicyclic) bond motifs is 2. The van der Waals surface area contributed by atoms with E-state index in [1.54, 1.807) is 30.3 Å². The average Bonchev–Trinajstić information content (AvgIpc) is 3.06. The molecule has 0 fully saturated rings. The number of aromatic nitrogens is 1. The maximum atomic E-state index is 13.8. The Balaban J connectivity index is 1.81. The summed E-state index contributed by atoms with van der Waals surface area (Å²) in [6.07, 6.45) is -3.65. The van der Waals surface area contributed by atoms with E-state index in [0.717, 1.165) is 0 Å². The number of hydrogen-bond acceptors (Lipinski definition) is 5. The molecule has 1 aromatic heterocycles. The Bertz CT molecular complexity index is 1100. The summed E-state index contributed by atoms with van der Waals surface area (Å²) in [5.74, 6) is -4.48. The normalized spacial score (nSPS) is 16.0. The second kappa shape index (κ2) is 7.37. The largest absolute Gasteiger partial charge is 0.468 e. The smallest absolute Gasteiger partial charge is 0.433 e. The third-order valence-corrected chi connectivity index (χ3v) is 4.71. The first-order valence-electron chi connectivity index (χ1n) is 8.31. The summed E-state index contributed by atoms with van der Waals surface area (Å²) in [6.45, 7) is 0. The van der Waals surface area contributed by atoms with Gasteiger partial charge in [-0.25, -0.2) is 0 Å². The van der Waals surface area contributed by atoms with Crippen molar-refractivity contribution < 1.29 is 27.4 Å². The van der Waals surface area contributed by atoms with Crippen LogP contribution in [0, 0.1) is 0 Å². The minimum atomic E-state index is -5.07. The van der Waals surface area contributed by atoms with Crippen molar-refractivity contribution in [2.75, 3.05) is 0 Å². The van der Waals surface area contributed by atoms with E-state index in [4.69, 9.17) is 49.0 Å². The van der Waals surface area contributed by atoms with Crippen LogP contribution in [0.3, 0.4) is 0 Å². The molecule has 0 spiro atoms. The van der Waals surface area contributed by atoms with Gasteiger partial charge in [0.15, 0.2) is 17.2 Å². The molecule has 0 amide bonds. The minimum absolute atomic E-state index is 0.0564. The first kappa shape index (κ1) is 20.8. The summed E-state index contributed by atoms with van der Waals surface area (Å²) < 4.78 is 54.9. The molecule has 0 aliphatic carbocycles. The van der Waals surface area contributed by atoms with Gasteiger partial charge in [0.05, 0.1) is 0 Å². The molecule has 1 aliphatic heterocycles. The maximum absolute atomic E-state index is 13.8. The van der Waals surface area contributed by atoms with E-state index in [1.807, 2.05) is 0 Å². The molecule has 0 saturated carbocycles. The lowest BCUT2D eigenvalue weighted by Crippen LogP contribution is -2.51. The molecular formula is C19H10Cl3F3N2O3. The Morgan fingerprint density at radius 1 is 0.933 bits per heavy atom. The van der Waals surface area contributed by atoms with Gasteiger partial charge in [-0.2, -0.15) is 18.2 Å². The standard InChI is InChI=1S/C19H10Cl3F3N2O3/c20-18(21,22)19(29-12-7-1-2-8-13(12)30-19)27-16(17(23,24)25)28-14-9-3-5-11-6-4-10-26-15(11)14/h1-10H. The molecule has 0 bridgehead atoms. The zero-order chi connectivity index (χ0) is 21.6. The lowest BCUT2D eigenvalue weighted by Gasteiger charge is -2.30. The molecule has 4 rings (SSSR count). The van der Waals surface area contributed by atoms with E-state index in [1.165, 1.54) is 30.5 Å². The summed E-state index contributed by atoms with van der Waals surface area (Å²) in [4.78, 5) is 7.53. The number of halogens is 6. The predicted molar refractivity (Wildman–Crippen MR) is 107 cm³/mol. The summed E-state index contributed by atoms with van der Waals surface area (Å²) >= 11 is 17.8. The fourth-order valence-corrected chi connectivity index (χ4v) is 3.06. The summed E-state index contributed by atoms with van der Waals surface area (Å²) in [6, 6.07) is 13.8. The number of rotatable bonds is 2. The van der Waals surface area contributed by atoms with Crippen LogP contribution in [0.4, 0.5) is 13.2 Å². The molecular weight excluding hydrogens is 468 g/mol. The lowest BCUT2D eigenvalue weighted by atomic mass is 10.2. The fraction of sp³-hybridized carbons (Fsp3) is 0.158. The number of ether oxygens (including phenoxy) is 3. The van der Waals surface area contributed by atoms with Crippen LogP contribution in [-0.2, 0) is 0 Å². The lowest BCUT2D eigenvalue weighted by molar-refractivity contribution is -0.0911. The molecule has 30 heavy (non-hydrogen) atoms. The van der Waals surface area contributed by atoms with Crippen molar-refractivity contribution in [2.24, 2.45) is 4.99 Å². The maximum Gasteiger partial charge on any atom is 0.468 e. The van der Waals surface area contributed by atoms with Crippen LogP contribution >= 0.6 is 34.8 Å². The third kappa shape index (κ3) is 3.82. The van der Waals surface area contributed by atoms with E-state index < -0.39 is 21.8 Å². The summed E-state index contributed by atoms with van der Waals surface area (Å²) in [5, 5.41) is 0.563. The number of para-hydroxylation sites is 3. The second-order valence-electron chi connectivity index (χ2n) is 6.08. The van der Waals surface area contributed by atoms with Crippen LogP contribution in [0.1, 0.15) is 0 Å². The van der Waals surface area contributed by atoms with Crippen molar-refractivity contribution in [2.45, 2.75) is 15.9 Å². The first-order chi connectivity index (χ1) is 14.1. The second-order valence-corrected chi connectivity index (χ2v) is 8.36. The monoisotopic (exact) mass is 476 g/mol. The van der Waals surface area contributed by atoms with Gasteiger partial charge >= 0.3 is 18.0 Å². The highest BCUT2D eigenvalue weighted by atomic mass is 35.6. The number of hydrogen-bond donors (Lipinski definition) is 0. The minimum Gasteiger partial charge on any atom is -0.433 e. The van der Waals surface area contributed by atoms with Crippen molar-refractivity contribution >= 4 is 51.6 Å². The Morgan fingerprint density at radius 2 is 1.57 bits per heavy atom. The molecule has 2 heterocycles. The number of aliphatic imine (C=N–C) groups is 1. The molecule has 11 heteroatoms. The molecule has 5 nitrogen and oxygen atoms in total. The molecule has 0 unspecified atom stereocenters. The van der Waals surface area contributed by atoms with Crippen molar-refractivity contribution in [1.82, 2.24) is 4.98 Å². The van der Waals surface area contributed by atoms with Gasteiger partial charge in [0.1, 0.15) is 5.52 Å². The van der Waals surface area contributed by atoms with Gasteiger partial charge in [-0.3, -0.25) is 4.98 Å². The quantitative estimate of drug-likeness (QED) is 0.255. The van der Waals surface area contributed by atoms with Crippen molar-refractivity contribution in [1.29, 1.82) is 0 Å². The van der Waals surface area contributed by atoms with E-state index in [0.29, 0.717) is 5.39 Å². The third-order valence-electron chi connectivity index (χ3n) is 4.00. The van der Waals surface area contributed by atoms with Gasteiger partial charge in [0.25, 0.3) is 3.79 Å². The zero-order valence-corrected chi connectivity index (χ0v) is 16.9. The highest BCUT2D eigenvalue weighted by molar-refractivity contribution is 6.68. The van der Waals surface area contributed by atoms with Gasteiger partial charge in [0.2, 0.25) is 0 Å². The number of alkyl halides is 6. The summed E-state index contributed by atoms with van der Waals surface area (Å²) in [5.41, 5.74) is 0.191. The number of pyridine rings is 1. The van der Waals surface area contributed by atoms with Crippen LogP contribution in [0.2, 0.25) is 0 Å². The highest BCUT2D eigenvalue weighted by Crippen LogP contribution is 2.51. The van der Waals surface area contributed by atoms with E-state index in [-0.39, 0.29) is 22.8 Å². The Morgan fingerprint density at radius 3 is 2.17 bits per heavy atom. The number of nitrogens with zero attached hydrogens (tertiary/aromatic N) is 2. The Kier molecular flexibility index (Phi) is 5.12. The molecule has 0 N–H and O–H groups in total. The molecule has 0 saturated heterocycles. The first-order valence-corrected chi connectivity index (χ1v) is 9.45. The van der Waals surface area contributed by atoms with E-state index in [9.17, 15) is 13.2 Å². The fourth-order valence-electron chi connectivity index (χ4n) is 2.70. The molecule has 156 valence electrons. The van der Waals surface area contributed by atoms with Gasteiger partial charge in [-0.15, -0.1) is 0 Å². The van der Waals surface area contributed by atoms with Crippen LogP contribution in [0.25, 0.3) is 10.9 Å². The van der Waals surface area contributed by atoms with Crippen molar-refractivity contribution in [3.63, 3.8) is 0 Å². The van der Waals surface area contributed by atoms with Crippen LogP contribution in [0.15, 0.2) is 65.8 Å². The van der Waals surface area contributed by atoms with E-state index in [2.05, 4.69) is 9.98 Å². The van der Waals surface area contributed by atoms with Gasteiger partial charge < -0.3 is 14.2 Å². The number of benzene rings is 2. The molecule has 2 aromatic carbocycles. The average molecular weight is 478 g/mol. The Hall–Kier alpha value is -2.42. The van der Waals surface area contributed by atoms with Crippen LogP contribution < -0.4 is 14.2 Å². The SMILES string of the molecule is FC(F)(F)C(=NC1(C(Cl)(Cl)Cl)Oc2ccccc2O1)Oc1cccc2cccnc12. The molecule has 0 atom stereocenters. The van der Waals surface area contributed by atoms with Crippen LogP contribution in [0.5, 0.6) is 17.2 Å². The van der Waals surface area contributed by atoms with Crippen LogP contribution in [-0.4, -0.2) is 26.8 Å². The predicted octanol–water partition coefficient (Wildman–Crippen LogP) is 6.07. The van der Waals surface area contributed by atoms with Gasteiger partial charge in [-0.05, 0) is 24.3 Å². The molecule has 1 aliphatic rings.